The number of hydrogen-bond acceptors (Lipinski definition) is 2. The number of carbonyl (C=O) groups is 2. The maximum Gasteiger partial charge on any atom is 0.312 e. The van der Waals surface area contributed by atoms with Crippen LogP contribution in [-0.4, -0.2) is 24.5 Å². The van der Waals surface area contributed by atoms with Gasteiger partial charge in [0.2, 0.25) is 5.91 Å². The average Bonchev–Trinajstić information content (AvgIpc) is 2.34. The van der Waals surface area contributed by atoms with Crippen LogP contribution in [0.15, 0.2) is 18.2 Å². The molecule has 0 aromatic heterocycles. The van der Waals surface area contributed by atoms with Gasteiger partial charge in [0.05, 0.1) is 0 Å². The van der Waals surface area contributed by atoms with Gasteiger partial charge in [-0.1, -0.05) is 43.1 Å². The summed E-state index contributed by atoms with van der Waals surface area (Å²) in [4.78, 5) is 22.6. The predicted molar refractivity (Wildman–Crippen MR) is 84.7 cm³/mol. The topological polar surface area (TPSA) is 84.2 Å². The van der Waals surface area contributed by atoms with Crippen LogP contribution in [0.25, 0.3) is 0 Å². The van der Waals surface area contributed by atoms with Gasteiger partial charge < -0.3 is 16.4 Å². The Kier molecular flexibility index (Phi) is 5.87. The molecule has 3 amide bonds. The van der Waals surface area contributed by atoms with Crippen molar-refractivity contribution in [2.75, 3.05) is 6.54 Å². The molecular formula is C14H19Cl2N3O2. The summed E-state index contributed by atoms with van der Waals surface area (Å²) in [5.41, 5.74) is 5.29. The van der Waals surface area contributed by atoms with Gasteiger partial charge in [0.25, 0.3) is 0 Å². The number of amides is 3. The molecule has 0 aliphatic rings. The molecule has 21 heavy (non-hydrogen) atoms. The van der Waals surface area contributed by atoms with E-state index < -0.39 is 17.5 Å². The monoisotopic (exact) mass is 331 g/mol. The molecule has 0 saturated heterocycles. The lowest BCUT2D eigenvalue weighted by Crippen LogP contribution is -2.49. The van der Waals surface area contributed by atoms with E-state index in [1.165, 1.54) is 0 Å². The van der Waals surface area contributed by atoms with E-state index >= 15 is 0 Å². The van der Waals surface area contributed by atoms with Crippen LogP contribution in [0.4, 0.5) is 4.79 Å². The fourth-order valence-corrected chi connectivity index (χ4v) is 2.88. The fourth-order valence-electron chi connectivity index (χ4n) is 1.97. The van der Waals surface area contributed by atoms with E-state index in [-0.39, 0.29) is 5.91 Å². The predicted octanol–water partition coefficient (Wildman–Crippen LogP) is 2.44. The summed E-state index contributed by atoms with van der Waals surface area (Å²) in [5, 5.41) is 6.16. The third-order valence-corrected chi connectivity index (χ3v) is 3.73. The van der Waals surface area contributed by atoms with Crippen LogP contribution in [0.5, 0.6) is 0 Å². The normalized spacial score (nSPS) is 12.6. The lowest BCUT2D eigenvalue weighted by Gasteiger charge is -2.28. The van der Waals surface area contributed by atoms with Gasteiger partial charge in [-0.05, 0) is 24.6 Å². The number of halogens is 2. The van der Waals surface area contributed by atoms with Gasteiger partial charge in [0.1, 0.15) is 6.04 Å². The second-order valence-corrected chi connectivity index (χ2v) is 6.24. The van der Waals surface area contributed by atoms with Crippen molar-refractivity contribution in [3.63, 3.8) is 0 Å². The Labute approximate surface area is 134 Å². The minimum Gasteiger partial charge on any atom is -0.353 e. The zero-order valence-electron chi connectivity index (χ0n) is 12.2. The summed E-state index contributed by atoms with van der Waals surface area (Å²) in [6, 6.07) is 3.82. The van der Waals surface area contributed by atoms with Crippen LogP contribution in [0, 0.1) is 0 Å². The van der Waals surface area contributed by atoms with Crippen LogP contribution in [-0.2, 0) is 10.2 Å². The summed E-state index contributed by atoms with van der Waals surface area (Å²) < 4.78 is 0. The van der Waals surface area contributed by atoms with Gasteiger partial charge in [0, 0.05) is 22.0 Å². The van der Waals surface area contributed by atoms with Crippen LogP contribution >= 0.6 is 23.2 Å². The molecule has 1 rings (SSSR count). The number of carbonyl (C=O) groups excluding carboxylic acids is 2. The molecule has 1 unspecified atom stereocenters. The van der Waals surface area contributed by atoms with Gasteiger partial charge in [-0.2, -0.15) is 0 Å². The van der Waals surface area contributed by atoms with Crippen molar-refractivity contribution in [1.29, 1.82) is 0 Å². The molecule has 0 aliphatic heterocycles. The minimum absolute atomic E-state index is 0.320. The van der Waals surface area contributed by atoms with E-state index in [9.17, 15) is 9.59 Å². The Balaban J connectivity index is 2.77. The molecule has 0 spiro atoms. The molecule has 4 N–H and O–H groups in total. The maximum atomic E-state index is 11.9. The number of hydrogen-bond donors (Lipinski definition) is 3. The third kappa shape index (κ3) is 4.79. The number of urea groups is 1. The van der Waals surface area contributed by atoms with Gasteiger partial charge in [-0.15, -0.1) is 0 Å². The number of nitrogens with two attached hydrogens (primary N) is 1. The summed E-state index contributed by atoms with van der Waals surface area (Å²) in [5.74, 6) is -0.329. The molecule has 0 fully saturated rings. The van der Waals surface area contributed by atoms with Crippen LogP contribution in [0.2, 0.25) is 10.0 Å². The Morgan fingerprint density at radius 1 is 1.29 bits per heavy atom. The molecular weight excluding hydrogens is 313 g/mol. The minimum atomic E-state index is -0.744. The van der Waals surface area contributed by atoms with E-state index in [1.807, 2.05) is 13.8 Å². The summed E-state index contributed by atoms with van der Waals surface area (Å²) in [6.45, 7) is 5.72. The zero-order valence-corrected chi connectivity index (χ0v) is 13.7. The van der Waals surface area contributed by atoms with Gasteiger partial charge in [-0.25, -0.2) is 4.79 Å². The smallest absolute Gasteiger partial charge is 0.312 e. The Morgan fingerprint density at radius 3 is 2.29 bits per heavy atom. The third-order valence-electron chi connectivity index (χ3n) is 3.10. The van der Waals surface area contributed by atoms with E-state index in [0.717, 1.165) is 5.56 Å². The van der Waals surface area contributed by atoms with Gasteiger partial charge in [-0.3, -0.25) is 4.79 Å². The second kappa shape index (κ2) is 7.00. The van der Waals surface area contributed by atoms with Crippen molar-refractivity contribution in [2.45, 2.75) is 32.2 Å². The molecule has 116 valence electrons. The first-order chi connectivity index (χ1) is 9.65. The molecule has 0 aliphatic carbocycles. The fraction of sp³-hybridized carbons (Fsp3) is 0.429. The van der Waals surface area contributed by atoms with Gasteiger partial charge in [0.15, 0.2) is 0 Å². The highest BCUT2D eigenvalue weighted by Crippen LogP contribution is 2.35. The van der Waals surface area contributed by atoms with Crippen molar-refractivity contribution in [3.8, 4) is 0 Å². The van der Waals surface area contributed by atoms with Crippen LogP contribution in [0.3, 0.4) is 0 Å². The second-order valence-electron chi connectivity index (χ2n) is 5.43. The highest BCUT2D eigenvalue weighted by atomic mass is 35.5. The molecule has 1 aromatic carbocycles. The van der Waals surface area contributed by atoms with E-state index in [2.05, 4.69) is 10.6 Å². The highest BCUT2D eigenvalue weighted by Gasteiger charge is 2.27. The number of nitrogens with one attached hydrogen (secondary N) is 2. The number of rotatable bonds is 5. The van der Waals surface area contributed by atoms with E-state index in [1.54, 1.807) is 25.1 Å². The first kappa shape index (κ1) is 17.6. The maximum absolute atomic E-state index is 11.9. The van der Waals surface area contributed by atoms with Crippen molar-refractivity contribution in [3.05, 3.63) is 33.8 Å². The SMILES string of the molecule is CC(NC(N)=O)C(=O)NCC(C)(C)c1c(Cl)cccc1Cl. The molecule has 0 bridgehead atoms. The molecule has 1 aromatic rings. The number of benzene rings is 1. The molecule has 1 atom stereocenters. The first-order valence-electron chi connectivity index (χ1n) is 6.43. The van der Waals surface area contributed by atoms with Crippen molar-refractivity contribution >= 4 is 35.1 Å². The molecule has 7 heteroatoms. The Morgan fingerprint density at radius 2 is 1.81 bits per heavy atom. The van der Waals surface area contributed by atoms with Crippen molar-refractivity contribution in [2.24, 2.45) is 5.73 Å². The first-order valence-corrected chi connectivity index (χ1v) is 7.19. The largest absolute Gasteiger partial charge is 0.353 e. The zero-order chi connectivity index (χ0) is 16.2. The lowest BCUT2D eigenvalue weighted by molar-refractivity contribution is -0.122. The highest BCUT2D eigenvalue weighted by molar-refractivity contribution is 6.36. The quantitative estimate of drug-likeness (QED) is 0.774. The van der Waals surface area contributed by atoms with E-state index in [4.69, 9.17) is 28.9 Å². The summed E-state index contributed by atoms with van der Waals surface area (Å²) in [7, 11) is 0. The van der Waals surface area contributed by atoms with E-state index in [0.29, 0.717) is 16.6 Å². The average molecular weight is 332 g/mol. The Bertz CT molecular complexity index is 527. The molecule has 5 nitrogen and oxygen atoms in total. The van der Waals surface area contributed by atoms with Crippen LogP contribution in [0.1, 0.15) is 26.3 Å². The Hall–Kier alpha value is -1.46. The van der Waals surface area contributed by atoms with Crippen molar-refractivity contribution < 1.29 is 9.59 Å². The lowest BCUT2D eigenvalue weighted by atomic mass is 9.84. The van der Waals surface area contributed by atoms with Crippen molar-refractivity contribution in [1.82, 2.24) is 10.6 Å². The summed E-state index contributed by atoms with van der Waals surface area (Å²) >= 11 is 12.4. The summed E-state index contributed by atoms with van der Waals surface area (Å²) in [6.07, 6.45) is 0. The van der Waals surface area contributed by atoms with Gasteiger partial charge >= 0.3 is 6.03 Å². The standard InChI is InChI=1S/C14H19Cl2N3O2/c1-8(19-13(17)21)12(20)18-7-14(2,3)11-9(15)5-4-6-10(11)16/h4-6,8H,7H2,1-3H3,(H,18,20)(H3,17,19,21). The molecule has 0 heterocycles. The number of primary amides is 1. The molecule has 0 radical (unpaired) electrons. The molecule has 0 saturated carbocycles. The van der Waals surface area contributed by atoms with Crippen LogP contribution < -0.4 is 16.4 Å².